The lowest BCUT2D eigenvalue weighted by Gasteiger charge is -2.42. The normalized spacial score (nSPS) is 32.4. The van der Waals surface area contributed by atoms with Gasteiger partial charge in [0.25, 0.3) is 0 Å². The van der Waals surface area contributed by atoms with E-state index in [-0.39, 0.29) is 37.0 Å². The Labute approximate surface area is 215 Å². The molecular weight excluding hydrogens is 460 g/mol. The summed E-state index contributed by atoms with van der Waals surface area (Å²) in [5.74, 6) is -2.65. The molecule has 0 aliphatic carbocycles. The molecule has 202 valence electrons. The van der Waals surface area contributed by atoms with E-state index in [1.165, 1.54) is 0 Å². The molecular formula is C28H44N2O6. The number of aliphatic hydroxyl groups excluding tert-OH is 1. The van der Waals surface area contributed by atoms with Gasteiger partial charge in [0.1, 0.15) is 17.6 Å². The Morgan fingerprint density at radius 1 is 1.25 bits per heavy atom. The van der Waals surface area contributed by atoms with Gasteiger partial charge in [0.2, 0.25) is 11.8 Å². The molecule has 1 spiro atoms. The van der Waals surface area contributed by atoms with E-state index < -0.39 is 41.1 Å². The Bertz CT molecular complexity index is 874. The number of esters is 1. The van der Waals surface area contributed by atoms with Gasteiger partial charge in [-0.3, -0.25) is 14.4 Å². The summed E-state index contributed by atoms with van der Waals surface area (Å²) < 4.78 is 12.4. The number of carbonyl (C=O) groups excluding carboxylic acids is 3. The maximum absolute atomic E-state index is 14.3. The van der Waals surface area contributed by atoms with Gasteiger partial charge in [-0.2, -0.15) is 0 Å². The van der Waals surface area contributed by atoms with Crippen LogP contribution in [0.25, 0.3) is 0 Å². The molecule has 2 amide bonds. The van der Waals surface area contributed by atoms with Crippen LogP contribution in [0, 0.1) is 17.8 Å². The molecule has 3 saturated heterocycles. The number of amides is 2. The summed E-state index contributed by atoms with van der Waals surface area (Å²) in [4.78, 5) is 45.3. The monoisotopic (exact) mass is 504 g/mol. The molecule has 1 N–H and O–H groups in total. The van der Waals surface area contributed by atoms with Gasteiger partial charge in [-0.15, -0.1) is 13.2 Å². The first-order valence-corrected chi connectivity index (χ1v) is 13.4. The van der Waals surface area contributed by atoms with Crippen molar-refractivity contribution in [3.63, 3.8) is 0 Å². The fraction of sp³-hybridized carbons (Fsp3) is 0.750. The van der Waals surface area contributed by atoms with Crippen molar-refractivity contribution in [2.75, 3.05) is 19.8 Å². The van der Waals surface area contributed by atoms with E-state index in [1.54, 1.807) is 22.0 Å². The number of rotatable bonds is 13. The quantitative estimate of drug-likeness (QED) is 0.235. The van der Waals surface area contributed by atoms with Gasteiger partial charge in [-0.1, -0.05) is 39.3 Å². The maximum Gasteiger partial charge on any atom is 0.312 e. The largest absolute Gasteiger partial charge is 0.465 e. The highest BCUT2D eigenvalue weighted by Gasteiger charge is 2.79. The van der Waals surface area contributed by atoms with Gasteiger partial charge in [-0.05, 0) is 45.4 Å². The third-order valence-electron chi connectivity index (χ3n) is 8.75. The molecule has 0 aromatic carbocycles. The van der Waals surface area contributed by atoms with Crippen LogP contribution in [0.3, 0.4) is 0 Å². The fourth-order valence-electron chi connectivity index (χ4n) is 6.65. The molecule has 36 heavy (non-hydrogen) atoms. The van der Waals surface area contributed by atoms with Crippen LogP contribution in [0.15, 0.2) is 25.3 Å². The van der Waals surface area contributed by atoms with E-state index in [1.807, 2.05) is 34.6 Å². The molecule has 2 bridgehead atoms. The van der Waals surface area contributed by atoms with Gasteiger partial charge in [-0.25, -0.2) is 0 Å². The van der Waals surface area contributed by atoms with Crippen molar-refractivity contribution >= 4 is 17.8 Å². The summed E-state index contributed by atoms with van der Waals surface area (Å²) in [6, 6.07) is -1.62. The van der Waals surface area contributed by atoms with E-state index in [4.69, 9.17) is 9.47 Å². The molecule has 7 atom stereocenters. The average Bonchev–Trinajstić information content (AvgIpc) is 3.46. The smallest absolute Gasteiger partial charge is 0.312 e. The minimum absolute atomic E-state index is 0.0493. The zero-order valence-corrected chi connectivity index (χ0v) is 22.6. The number of fused-ring (bicyclic) bond motifs is 1. The molecule has 3 heterocycles. The average molecular weight is 505 g/mol. The molecule has 0 radical (unpaired) electrons. The highest BCUT2D eigenvalue weighted by molar-refractivity contribution is 5.99. The number of hydrogen-bond acceptors (Lipinski definition) is 6. The van der Waals surface area contributed by atoms with E-state index in [0.29, 0.717) is 32.2 Å². The third-order valence-corrected chi connectivity index (χ3v) is 8.75. The highest BCUT2D eigenvalue weighted by atomic mass is 16.6. The Morgan fingerprint density at radius 3 is 2.47 bits per heavy atom. The van der Waals surface area contributed by atoms with Crippen molar-refractivity contribution in [2.45, 2.75) is 96.1 Å². The summed E-state index contributed by atoms with van der Waals surface area (Å²) >= 11 is 0. The highest BCUT2D eigenvalue weighted by Crippen LogP contribution is 2.65. The van der Waals surface area contributed by atoms with Crippen molar-refractivity contribution in [3.8, 4) is 0 Å². The van der Waals surface area contributed by atoms with E-state index in [9.17, 15) is 19.5 Å². The minimum atomic E-state index is -1.14. The van der Waals surface area contributed by atoms with Crippen molar-refractivity contribution in [2.24, 2.45) is 17.8 Å². The number of ether oxygens (including phenoxy) is 2. The standard InChI is InChI=1S/C28H44N2O6/c1-8-12-16-35-26(34)22-21-24(32)30(20(17-31)19(7)10-3)23(25(33)29(15-9-2)18(5)6)28(21)14-13-27(22,11-4)36-28/h8-9,18-23,31H,1-2,10-17H2,3-7H3/t19-,20-,21-,22-,23?,27+,28?/m0/s1. The molecule has 8 nitrogen and oxygen atoms in total. The van der Waals surface area contributed by atoms with Gasteiger partial charge in [0.05, 0.1) is 30.8 Å². The summed E-state index contributed by atoms with van der Waals surface area (Å²) in [5, 5.41) is 10.4. The van der Waals surface area contributed by atoms with Crippen LogP contribution in [0.4, 0.5) is 0 Å². The van der Waals surface area contributed by atoms with Gasteiger partial charge >= 0.3 is 5.97 Å². The molecule has 3 rings (SSSR count). The molecule has 2 unspecified atom stereocenters. The molecule has 3 aliphatic rings. The van der Waals surface area contributed by atoms with Crippen molar-refractivity contribution in [1.29, 1.82) is 0 Å². The van der Waals surface area contributed by atoms with E-state index >= 15 is 0 Å². The number of likely N-dealkylation sites (tertiary alicyclic amines) is 1. The lowest BCUT2D eigenvalue weighted by molar-refractivity contribution is -0.164. The molecule has 3 fully saturated rings. The Morgan fingerprint density at radius 2 is 1.94 bits per heavy atom. The second-order valence-corrected chi connectivity index (χ2v) is 10.8. The van der Waals surface area contributed by atoms with Gasteiger partial charge in [0, 0.05) is 12.6 Å². The fourth-order valence-corrected chi connectivity index (χ4v) is 6.65. The van der Waals surface area contributed by atoms with Gasteiger partial charge in [0.15, 0.2) is 0 Å². The molecule has 3 aliphatic heterocycles. The van der Waals surface area contributed by atoms with E-state index in [0.717, 1.165) is 6.42 Å². The first-order chi connectivity index (χ1) is 17.1. The number of carbonyl (C=O) groups is 3. The molecule has 8 heteroatoms. The predicted molar refractivity (Wildman–Crippen MR) is 137 cm³/mol. The SMILES string of the molecule is C=CCCOC(=O)[C@@H]1[C@H]2C(=O)N([C@@H](CO)[C@@H](C)CC)C(C(=O)N(CC=C)C(C)C)C23CC[C@@]1(CC)O3. The van der Waals surface area contributed by atoms with Crippen LogP contribution in [-0.4, -0.2) is 81.8 Å². The zero-order valence-electron chi connectivity index (χ0n) is 22.6. The van der Waals surface area contributed by atoms with Crippen LogP contribution in [0.1, 0.15) is 66.7 Å². The van der Waals surface area contributed by atoms with Crippen LogP contribution < -0.4 is 0 Å². The lowest BCUT2D eigenvalue weighted by atomic mass is 9.65. The zero-order chi connectivity index (χ0) is 26.8. The summed E-state index contributed by atoms with van der Waals surface area (Å²) in [6.45, 7) is 17.5. The second-order valence-electron chi connectivity index (χ2n) is 10.8. The van der Waals surface area contributed by atoms with Crippen molar-refractivity contribution < 1.29 is 29.0 Å². The van der Waals surface area contributed by atoms with Crippen LogP contribution in [0.2, 0.25) is 0 Å². The first-order valence-electron chi connectivity index (χ1n) is 13.4. The minimum Gasteiger partial charge on any atom is -0.465 e. The van der Waals surface area contributed by atoms with Gasteiger partial charge < -0.3 is 24.4 Å². The molecule has 0 aromatic rings. The predicted octanol–water partition coefficient (Wildman–Crippen LogP) is 3.09. The van der Waals surface area contributed by atoms with Crippen LogP contribution in [0.5, 0.6) is 0 Å². The third kappa shape index (κ3) is 4.30. The Balaban J connectivity index is 2.15. The topological polar surface area (TPSA) is 96.4 Å². The number of aliphatic hydroxyl groups is 1. The summed E-state index contributed by atoms with van der Waals surface area (Å²) in [5.41, 5.74) is -1.98. The molecule has 0 saturated carbocycles. The second kappa shape index (κ2) is 11.1. The Hall–Kier alpha value is -2.19. The van der Waals surface area contributed by atoms with E-state index in [2.05, 4.69) is 13.2 Å². The van der Waals surface area contributed by atoms with Crippen molar-refractivity contribution in [3.05, 3.63) is 25.3 Å². The lowest BCUT2D eigenvalue weighted by Crippen LogP contribution is -2.60. The van der Waals surface area contributed by atoms with Crippen LogP contribution >= 0.6 is 0 Å². The molecule has 0 aromatic heterocycles. The first kappa shape index (κ1) is 28.4. The maximum atomic E-state index is 14.3. The summed E-state index contributed by atoms with van der Waals surface area (Å²) in [7, 11) is 0. The van der Waals surface area contributed by atoms with Crippen molar-refractivity contribution in [1.82, 2.24) is 9.80 Å². The number of hydrogen-bond donors (Lipinski definition) is 1. The van der Waals surface area contributed by atoms with Crippen LogP contribution in [-0.2, 0) is 23.9 Å². The Kier molecular flexibility index (Phi) is 8.71. The summed E-state index contributed by atoms with van der Waals surface area (Å²) in [6.07, 6.45) is 6.20. The number of nitrogens with zero attached hydrogens (tertiary/aromatic N) is 2.